The number of ether oxygens (including phenoxy) is 1. The van der Waals surface area contributed by atoms with Gasteiger partial charge in [-0.05, 0) is 35.7 Å². The van der Waals surface area contributed by atoms with Crippen LogP contribution >= 0.6 is 0 Å². The average molecular weight is 430 g/mol. The summed E-state index contributed by atoms with van der Waals surface area (Å²) in [6, 6.07) is 19.3. The van der Waals surface area contributed by atoms with Crippen LogP contribution in [0, 0.1) is 5.82 Å². The van der Waals surface area contributed by atoms with Gasteiger partial charge in [-0.1, -0.05) is 36.4 Å². The van der Waals surface area contributed by atoms with Crippen molar-refractivity contribution in [3.8, 4) is 11.4 Å². The van der Waals surface area contributed by atoms with E-state index in [1.807, 2.05) is 42.5 Å². The lowest BCUT2D eigenvalue weighted by Gasteiger charge is -2.15. The molecular weight excluding hydrogens is 411 g/mol. The molecule has 0 aliphatic heterocycles. The van der Waals surface area contributed by atoms with Crippen molar-refractivity contribution in [2.24, 2.45) is 0 Å². The van der Waals surface area contributed by atoms with Crippen molar-refractivity contribution >= 4 is 21.8 Å². The Morgan fingerprint density at radius 2 is 1.78 bits per heavy atom. The molecule has 32 heavy (non-hydrogen) atoms. The van der Waals surface area contributed by atoms with Gasteiger partial charge < -0.3 is 9.84 Å². The maximum Gasteiger partial charge on any atom is 0.264 e. The SMILES string of the molecule is O=c1c2cnn(-c3ccc(F)cc3)c2ncn1CC(O)COc1cccc2ccccc12. The summed E-state index contributed by atoms with van der Waals surface area (Å²) in [5.74, 6) is 0.309. The Morgan fingerprint density at radius 1 is 1.00 bits per heavy atom. The van der Waals surface area contributed by atoms with Gasteiger partial charge in [0.2, 0.25) is 0 Å². The second-order valence-electron chi connectivity index (χ2n) is 7.41. The van der Waals surface area contributed by atoms with E-state index in [0.29, 0.717) is 22.5 Å². The van der Waals surface area contributed by atoms with Crippen LogP contribution in [0.1, 0.15) is 0 Å². The van der Waals surface area contributed by atoms with Gasteiger partial charge >= 0.3 is 0 Å². The minimum absolute atomic E-state index is 0.0212. The molecule has 5 rings (SSSR count). The molecule has 0 saturated carbocycles. The van der Waals surface area contributed by atoms with Crippen LogP contribution in [0.4, 0.5) is 4.39 Å². The monoisotopic (exact) mass is 430 g/mol. The quantitative estimate of drug-likeness (QED) is 0.447. The van der Waals surface area contributed by atoms with Crippen molar-refractivity contribution in [1.29, 1.82) is 0 Å². The van der Waals surface area contributed by atoms with Crippen LogP contribution in [0.2, 0.25) is 0 Å². The molecular formula is C24H19FN4O3. The van der Waals surface area contributed by atoms with Crippen LogP contribution in [0.3, 0.4) is 0 Å². The van der Waals surface area contributed by atoms with Gasteiger partial charge in [-0.15, -0.1) is 0 Å². The molecule has 0 aliphatic rings. The van der Waals surface area contributed by atoms with Crippen molar-refractivity contribution in [2.75, 3.05) is 6.61 Å². The van der Waals surface area contributed by atoms with Crippen LogP contribution in [-0.2, 0) is 6.54 Å². The first-order valence-corrected chi connectivity index (χ1v) is 10.1. The van der Waals surface area contributed by atoms with E-state index in [2.05, 4.69) is 10.1 Å². The molecule has 0 aliphatic carbocycles. The van der Waals surface area contributed by atoms with Crippen LogP contribution < -0.4 is 10.3 Å². The Kier molecular flexibility index (Phi) is 5.12. The predicted octanol–water partition coefficient (Wildman–Crippen LogP) is 3.31. The van der Waals surface area contributed by atoms with Gasteiger partial charge in [-0.2, -0.15) is 5.10 Å². The van der Waals surface area contributed by atoms with Gasteiger partial charge in [0.05, 0.1) is 18.4 Å². The Balaban J connectivity index is 1.34. The highest BCUT2D eigenvalue weighted by molar-refractivity contribution is 5.88. The first kappa shape index (κ1) is 19.9. The zero-order valence-electron chi connectivity index (χ0n) is 16.9. The molecule has 0 spiro atoms. The minimum atomic E-state index is -0.918. The summed E-state index contributed by atoms with van der Waals surface area (Å²) >= 11 is 0. The van der Waals surface area contributed by atoms with Crippen LogP contribution in [-0.4, -0.2) is 37.1 Å². The van der Waals surface area contributed by atoms with E-state index >= 15 is 0 Å². The van der Waals surface area contributed by atoms with E-state index in [4.69, 9.17) is 4.74 Å². The number of rotatable bonds is 6. The number of nitrogens with zero attached hydrogens (tertiary/aromatic N) is 4. The van der Waals surface area contributed by atoms with E-state index in [1.54, 1.807) is 12.1 Å². The fourth-order valence-electron chi connectivity index (χ4n) is 3.64. The molecule has 0 bridgehead atoms. The first-order valence-electron chi connectivity index (χ1n) is 10.1. The molecule has 1 N–H and O–H groups in total. The van der Waals surface area contributed by atoms with E-state index in [1.165, 1.54) is 33.9 Å². The van der Waals surface area contributed by atoms with Crippen molar-refractivity contribution in [2.45, 2.75) is 12.6 Å². The number of aliphatic hydroxyl groups is 1. The average Bonchev–Trinajstić information content (AvgIpc) is 3.25. The number of fused-ring (bicyclic) bond motifs is 2. The van der Waals surface area contributed by atoms with Crippen molar-refractivity contribution in [1.82, 2.24) is 19.3 Å². The van der Waals surface area contributed by atoms with Crippen LogP contribution in [0.25, 0.3) is 27.5 Å². The fraction of sp³-hybridized carbons (Fsp3) is 0.125. The molecule has 7 nitrogen and oxygen atoms in total. The van der Waals surface area contributed by atoms with E-state index in [0.717, 1.165) is 10.8 Å². The molecule has 0 saturated heterocycles. The zero-order chi connectivity index (χ0) is 22.1. The Morgan fingerprint density at radius 3 is 2.62 bits per heavy atom. The molecule has 160 valence electrons. The number of halogens is 1. The van der Waals surface area contributed by atoms with Crippen LogP contribution in [0.5, 0.6) is 5.75 Å². The number of benzene rings is 3. The molecule has 1 atom stereocenters. The highest BCUT2D eigenvalue weighted by Crippen LogP contribution is 2.25. The first-order chi connectivity index (χ1) is 15.6. The van der Waals surface area contributed by atoms with Gasteiger partial charge in [0.15, 0.2) is 5.65 Å². The Labute approximate surface area is 181 Å². The molecule has 2 heterocycles. The molecule has 5 aromatic rings. The maximum absolute atomic E-state index is 13.2. The van der Waals surface area contributed by atoms with E-state index in [-0.39, 0.29) is 24.5 Å². The molecule has 0 radical (unpaired) electrons. The Bertz CT molecular complexity index is 1450. The number of aliphatic hydroxyl groups excluding tert-OH is 1. The van der Waals surface area contributed by atoms with Gasteiger partial charge in [-0.3, -0.25) is 9.36 Å². The summed E-state index contributed by atoms with van der Waals surface area (Å²) < 4.78 is 21.8. The molecule has 0 fully saturated rings. The highest BCUT2D eigenvalue weighted by atomic mass is 19.1. The molecule has 8 heteroatoms. The molecule has 2 aromatic heterocycles. The zero-order valence-corrected chi connectivity index (χ0v) is 16.9. The lowest BCUT2D eigenvalue weighted by atomic mass is 10.1. The van der Waals surface area contributed by atoms with Gasteiger partial charge in [0, 0.05) is 5.39 Å². The fourth-order valence-corrected chi connectivity index (χ4v) is 3.64. The summed E-state index contributed by atoms with van der Waals surface area (Å²) in [6.07, 6.45) is 1.87. The third-order valence-electron chi connectivity index (χ3n) is 5.21. The Hall–Kier alpha value is -4.04. The topological polar surface area (TPSA) is 82.2 Å². The highest BCUT2D eigenvalue weighted by Gasteiger charge is 2.14. The molecule has 1 unspecified atom stereocenters. The van der Waals surface area contributed by atoms with Crippen molar-refractivity contribution < 1.29 is 14.2 Å². The third kappa shape index (κ3) is 3.72. The summed E-state index contributed by atoms with van der Waals surface area (Å²) in [6.45, 7) is 0.0432. The smallest absolute Gasteiger partial charge is 0.264 e. The largest absolute Gasteiger partial charge is 0.490 e. The van der Waals surface area contributed by atoms with Crippen LogP contribution in [0.15, 0.2) is 84.0 Å². The minimum Gasteiger partial charge on any atom is -0.490 e. The summed E-state index contributed by atoms with van der Waals surface area (Å²) in [5.41, 5.74) is 0.626. The molecule has 0 amide bonds. The predicted molar refractivity (Wildman–Crippen MR) is 119 cm³/mol. The van der Waals surface area contributed by atoms with Crippen molar-refractivity contribution in [3.05, 3.63) is 95.4 Å². The second kappa shape index (κ2) is 8.24. The summed E-state index contributed by atoms with van der Waals surface area (Å²) in [4.78, 5) is 17.2. The van der Waals surface area contributed by atoms with Gasteiger partial charge in [0.25, 0.3) is 5.56 Å². The number of hydrogen-bond donors (Lipinski definition) is 1. The lowest BCUT2D eigenvalue weighted by Crippen LogP contribution is -2.30. The number of hydrogen-bond acceptors (Lipinski definition) is 5. The van der Waals surface area contributed by atoms with E-state index in [9.17, 15) is 14.3 Å². The van der Waals surface area contributed by atoms with Gasteiger partial charge in [0.1, 0.15) is 36.0 Å². The number of aromatic nitrogens is 4. The summed E-state index contributed by atoms with van der Waals surface area (Å²) in [5, 5.41) is 17.0. The standard InChI is InChI=1S/C24H19FN4O3/c25-17-8-10-18(11-9-17)29-23-21(12-27-29)24(31)28(15-26-23)13-19(30)14-32-22-7-3-5-16-4-1-2-6-20(16)22/h1-12,15,19,30H,13-14H2. The van der Waals surface area contributed by atoms with E-state index < -0.39 is 6.10 Å². The normalized spacial score (nSPS) is 12.3. The second-order valence-corrected chi connectivity index (χ2v) is 7.41. The molecule has 3 aromatic carbocycles. The maximum atomic E-state index is 13.2. The summed E-state index contributed by atoms with van der Waals surface area (Å²) in [7, 11) is 0. The van der Waals surface area contributed by atoms with Gasteiger partial charge in [-0.25, -0.2) is 14.1 Å². The third-order valence-corrected chi connectivity index (χ3v) is 5.21. The lowest BCUT2D eigenvalue weighted by molar-refractivity contribution is 0.0922. The van der Waals surface area contributed by atoms with Crippen molar-refractivity contribution in [3.63, 3.8) is 0 Å².